The maximum atomic E-state index is 12.1. The lowest BCUT2D eigenvalue weighted by atomic mass is 10.3. The van der Waals surface area contributed by atoms with E-state index in [0.29, 0.717) is 18.7 Å². The highest BCUT2D eigenvalue weighted by atomic mass is 16.2. The van der Waals surface area contributed by atoms with Gasteiger partial charge in [-0.3, -0.25) is 9.08 Å². The third-order valence-corrected chi connectivity index (χ3v) is 3.05. The van der Waals surface area contributed by atoms with E-state index in [0.717, 1.165) is 5.69 Å². The minimum Gasteiger partial charge on any atom is -0.323 e. The molecule has 0 aliphatic carbocycles. The summed E-state index contributed by atoms with van der Waals surface area (Å²) in [5.74, 6) is 0. The molecule has 3 heterocycles. The van der Waals surface area contributed by atoms with Crippen LogP contribution in [0.15, 0.2) is 35.4 Å². The van der Waals surface area contributed by atoms with Gasteiger partial charge in [0.25, 0.3) is 0 Å². The second-order valence-electron chi connectivity index (χ2n) is 4.63. The number of rotatable bonds is 4. The van der Waals surface area contributed by atoms with E-state index in [1.54, 1.807) is 29.2 Å². The quantitative estimate of drug-likeness (QED) is 0.710. The molecule has 8 nitrogen and oxygen atoms in total. The van der Waals surface area contributed by atoms with E-state index in [4.69, 9.17) is 5.73 Å². The lowest BCUT2D eigenvalue weighted by molar-refractivity contribution is 0.480. The molecule has 3 aromatic rings. The largest absolute Gasteiger partial charge is 0.350 e. The van der Waals surface area contributed by atoms with Crippen molar-refractivity contribution in [2.45, 2.75) is 26.1 Å². The van der Waals surface area contributed by atoms with E-state index in [1.165, 1.54) is 9.08 Å². The van der Waals surface area contributed by atoms with Gasteiger partial charge in [-0.2, -0.15) is 0 Å². The second kappa shape index (κ2) is 4.89. The van der Waals surface area contributed by atoms with Crippen LogP contribution in [0.2, 0.25) is 0 Å². The Morgan fingerprint density at radius 3 is 2.90 bits per heavy atom. The number of hydrogen-bond acceptors (Lipinski definition) is 5. The Hall–Kier alpha value is -2.48. The molecule has 0 fully saturated rings. The molecule has 2 N–H and O–H groups in total. The molecule has 0 amide bonds. The van der Waals surface area contributed by atoms with E-state index in [1.807, 2.05) is 13.0 Å². The maximum Gasteiger partial charge on any atom is 0.350 e. The summed E-state index contributed by atoms with van der Waals surface area (Å²) < 4.78 is 4.59. The van der Waals surface area contributed by atoms with Gasteiger partial charge in [0.1, 0.15) is 0 Å². The predicted molar refractivity (Wildman–Crippen MR) is 72.1 cm³/mol. The van der Waals surface area contributed by atoms with Crippen LogP contribution in [0.4, 0.5) is 0 Å². The number of pyridine rings is 1. The molecule has 3 rings (SSSR count). The third kappa shape index (κ3) is 2.21. The first-order chi connectivity index (χ1) is 9.65. The zero-order chi connectivity index (χ0) is 14.1. The van der Waals surface area contributed by atoms with Gasteiger partial charge in [-0.1, -0.05) is 11.3 Å². The molecule has 20 heavy (non-hydrogen) atoms. The highest BCUT2D eigenvalue weighted by Crippen LogP contribution is 2.03. The summed E-state index contributed by atoms with van der Waals surface area (Å²) in [6.45, 7) is 2.80. The molecular formula is C12H15N7O. The number of nitrogens with zero attached hydrogens (tertiary/aromatic N) is 6. The van der Waals surface area contributed by atoms with E-state index >= 15 is 0 Å². The first kappa shape index (κ1) is 12.5. The summed E-state index contributed by atoms with van der Waals surface area (Å²) in [6.07, 6.45) is 3.48. The molecule has 0 aromatic carbocycles. The molecule has 0 spiro atoms. The lowest BCUT2D eigenvalue weighted by Gasteiger charge is -1.99. The van der Waals surface area contributed by atoms with Crippen LogP contribution in [0.5, 0.6) is 0 Å². The highest BCUT2D eigenvalue weighted by Gasteiger charge is 2.08. The molecular weight excluding hydrogens is 258 g/mol. The molecule has 104 valence electrons. The van der Waals surface area contributed by atoms with Crippen LogP contribution >= 0.6 is 0 Å². The van der Waals surface area contributed by atoms with Gasteiger partial charge in [-0.05, 0) is 19.1 Å². The van der Waals surface area contributed by atoms with Gasteiger partial charge in [-0.25, -0.2) is 9.48 Å². The molecule has 1 atom stereocenters. The molecule has 0 radical (unpaired) electrons. The zero-order valence-corrected chi connectivity index (χ0v) is 11.0. The van der Waals surface area contributed by atoms with Crippen molar-refractivity contribution in [2.24, 2.45) is 5.73 Å². The van der Waals surface area contributed by atoms with Gasteiger partial charge < -0.3 is 5.73 Å². The summed E-state index contributed by atoms with van der Waals surface area (Å²) in [6, 6.07) is 5.29. The van der Waals surface area contributed by atoms with Gasteiger partial charge in [0.2, 0.25) is 0 Å². The fraction of sp³-hybridized carbons (Fsp3) is 0.333. The van der Waals surface area contributed by atoms with Crippen molar-refractivity contribution in [1.82, 2.24) is 29.2 Å². The van der Waals surface area contributed by atoms with Crippen LogP contribution in [-0.2, 0) is 13.1 Å². The molecule has 0 aliphatic rings. The number of aryl methyl sites for hydroxylation is 2. The van der Waals surface area contributed by atoms with E-state index in [-0.39, 0.29) is 11.7 Å². The Morgan fingerprint density at radius 2 is 2.20 bits per heavy atom. The van der Waals surface area contributed by atoms with Crippen molar-refractivity contribution in [3.05, 3.63) is 46.8 Å². The van der Waals surface area contributed by atoms with E-state index in [2.05, 4.69) is 15.4 Å². The van der Waals surface area contributed by atoms with E-state index in [9.17, 15) is 4.79 Å². The molecule has 0 aliphatic heterocycles. The van der Waals surface area contributed by atoms with Gasteiger partial charge >= 0.3 is 5.69 Å². The molecule has 0 saturated carbocycles. The second-order valence-corrected chi connectivity index (χ2v) is 4.63. The van der Waals surface area contributed by atoms with Crippen LogP contribution in [0, 0.1) is 0 Å². The summed E-state index contributed by atoms with van der Waals surface area (Å²) in [4.78, 5) is 12.1. The van der Waals surface area contributed by atoms with Crippen LogP contribution in [-0.4, -0.2) is 29.2 Å². The molecule has 0 saturated heterocycles. The number of nitrogens with two attached hydrogens (primary N) is 1. The zero-order valence-electron chi connectivity index (χ0n) is 11.0. The minimum absolute atomic E-state index is 0.151. The normalized spacial score (nSPS) is 12.9. The average Bonchev–Trinajstić information content (AvgIpc) is 3.03. The fourth-order valence-electron chi connectivity index (χ4n) is 1.94. The van der Waals surface area contributed by atoms with Gasteiger partial charge in [0.05, 0.1) is 25.0 Å². The number of hydrogen-bond donors (Lipinski definition) is 1. The summed E-state index contributed by atoms with van der Waals surface area (Å²) in [5, 5.41) is 12.2. The van der Waals surface area contributed by atoms with Crippen molar-refractivity contribution >= 4 is 5.65 Å². The van der Waals surface area contributed by atoms with E-state index < -0.39 is 0 Å². The molecule has 8 heteroatoms. The van der Waals surface area contributed by atoms with Crippen LogP contribution < -0.4 is 11.4 Å². The Labute approximate surface area is 114 Å². The SMILES string of the molecule is CC(N)c1cn(CCn2nc3ccccn3c2=O)nn1. The predicted octanol–water partition coefficient (Wildman–Crippen LogP) is -0.193. The molecule has 3 aromatic heterocycles. The summed E-state index contributed by atoms with van der Waals surface area (Å²) >= 11 is 0. The number of fused-ring (bicyclic) bond motifs is 1. The fourth-order valence-corrected chi connectivity index (χ4v) is 1.94. The summed E-state index contributed by atoms with van der Waals surface area (Å²) in [7, 11) is 0. The van der Waals surface area contributed by atoms with Gasteiger partial charge in [0, 0.05) is 12.2 Å². The maximum absolute atomic E-state index is 12.1. The van der Waals surface area contributed by atoms with Gasteiger partial charge in [-0.15, -0.1) is 10.2 Å². The van der Waals surface area contributed by atoms with Gasteiger partial charge in [0.15, 0.2) is 5.65 Å². The molecule has 0 bridgehead atoms. The monoisotopic (exact) mass is 273 g/mol. The Kier molecular flexibility index (Phi) is 3.07. The van der Waals surface area contributed by atoms with Crippen molar-refractivity contribution < 1.29 is 0 Å². The summed E-state index contributed by atoms with van der Waals surface area (Å²) in [5.41, 5.74) is 6.92. The minimum atomic E-state index is -0.159. The Bertz CT molecular complexity index is 782. The van der Waals surface area contributed by atoms with Crippen molar-refractivity contribution in [3.63, 3.8) is 0 Å². The van der Waals surface area contributed by atoms with Crippen LogP contribution in [0.25, 0.3) is 5.65 Å². The van der Waals surface area contributed by atoms with Crippen molar-refractivity contribution in [1.29, 1.82) is 0 Å². The lowest BCUT2D eigenvalue weighted by Crippen LogP contribution is -2.23. The number of aromatic nitrogens is 6. The first-order valence-corrected chi connectivity index (χ1v) is 6.35. The standard InChI is InChI=1S/C12H15N7O/c1-9(13)10-8-17(16-14-10)6-7-19-12(20)18-5-3-2-4-11(18)15-19/h2-5,8-9H,6-7,13H2,1H3. The Morgan fingerprint density at radius 1 is 1.35 bits per heavy atom. The van der Waals surface area contributed by atoms with Crippen molar-refractivity contribution in [3.8, 4) is 0 Å². The highest BCUT2D eigenvalue weighted by molar-refractivity contribution is 5.35. The van der Waals surface area contributed by atoms with Crippen LogP contribution in [0.1, 0.15) is 18.7 Å². The Balaban J connectivity index is 1.79. The third-order valence-electron chi connectivity index (χ3n) is 3.05. The van der Waals surface area contributed by atoms with Crippen LogP contribution in [0.3, 0.4) is 0 Å². The molecule has 1 unspecified atom stereocenters. The topological polar surface area (TPSA) is 96.0 Å². The van der Waals surface area contributed by atoms with Crippen molar-refractivity contribution in [2.75, 3.05) is 0 Å². The first-order valence-electron chi connectivity index (χ1n) is 6.35. The smallest absolute Gasteiger partial charge is 0.323 e. The average molecular weight is 273 g/mol.